The quantitative estimate of drug-likeness (QED) is 0.862. The molecule has 1 aliphatic carbocycles. The van der Waals surface area contributed by atoms with E-state index < -0.39 is 5.97 Å². The van der Waals surface area contributed by atoms with Gasteiger partial charge < -0.3 is 14.8 Å². The lowest BCUT2D eigenvalue weighted by Gasteiger charge is -2.20. The highest BCUT2D eigenvalue weighted by Gasteiger charge is 2.31. The van der Waals surface area contributed by atoms with E-state index in [4.69, 9.17) is 9.52 Å². The molecule has 100 valence electrons. The Balaban J connectivity index is 1.95. The molecule has 1 fully saturated rings. The van der Waals surface area contributed by atoms with Crippen LogP contribution in [0.2, 0.25) is 0 Å². The Morgan fingerprint density at radius 2 is 2.28 bits per heavy atom. The van der Waals surface area contributed by atoms with Gasteiger partial charge in [0.25, 0.3) is 0 Å². The van der Waals surface area contributed by atoms with Gasteiger partial charge >= 0.3 is 5.97 Å². The molecule has 0 bridgehead atoms. The lowest BCUT2D eigenvalue weighted by molar-refractivity contribution is 0.0659. The Morgan fingerprint density at radius 1 is 1.56 bits per heavy atom. The van der Waals surface area contributed by atoms with Gasteiger partial charge in [-0.1, -0.05) is 13.8 Å². The number of aromatic carboxylic acids is 1. The molecule has 0 radical (unpaired) electrons. The minimum Gasteiger partial charge on any atom is -0.475 e. The molecule has 2 atom stereocenters. The number of furan rings is 1. The molecular weight excluding hydrogens is 230 g/mol. The zero-order chi connectivity index (χ0) is 13.3. The summed E-state index contributed by atoms with van der Waals surface area (Å²) < 4.78 is 5.31. The maximum atomic E-state index is 10.8. The number of carboxylic acid groups (broad SMARTS) is 1. The molecule has 0 saturated heterocycles. The standard InChI is InChI=1S/C14H21NO3/c1-9(11-4-5-12(18-11)13(16)17)15-10-6-7-14(2,3)8-10/h4-5,9-10,15H,6-8H2,1-3H3,(H,16,17). The van der Waals surface area contributed by atoms with Gasteiger partial charge in [0.15, 0.2) is 0 Å². The molecule has 2 rings (SSSR count). The number of carbonyl (C=O) groups is 1. The summed E-state index contributed by atoms with van der Waals surface area (Å²) in [6.45, 7) is 6.58. The molecule has 0 spiro atoms. The zero-order valence-corrected chi connectivity index (χ0v) is 11.2. The third-order valence-electron chi connectivity index (χ3n) is 3.72. The fraction of sp³-hybridized carbons (Fsp3) is 0.643. The van der Waals surface area contributed by atoms with Gasteiger partial charge in [0, 0.05) is 6.04 Å². The maximum Gasteiger partial charge on any atom is 0.371 e. The van der Waals surface area contributed by atoms with E-state index in [1.165, 1.54) is 18.9 Å². The highest BCUT2D eigenvalue weighted by molar-refractivity contribution is 5.84. The molecule has 1 saturated carbocycles. The van der Waals surface area contributed by atoms with Crippen molar-refractivity contribution in [1.82, 2.24) is 5.32 Å². The van der Waals surface area contributed by atoms with E-state index in [2.05, 4.69) is 19.2 Å². The van der Waals surface area contributed by atoms with Crippen molar-refractivity contribution in [1.29, 1.82) is 0 Å². The maximum absolute atomic E-state index is 10.8. The van der Waals surface area contributed by atoms with Crippen LogP contribution in [0.3, 0.4) is 0 Å². The monoisotopic (exact) mass is 251 g/mol. The molecule has 1 aliphatic rings. The van der Waals surface area contributed by atoms with E-state index >= 15 is 0 Å². The molecule has 2 unspecified atom stereocenters. The fourth-order valence-electron chi connectivity index (χ4n) is 2.71. The van der Waals surface area contributed by atoms with Crippen LogP contribution in [0.1, 0.15) is 62.4 Å². The Bertz CT molecular complexity index is 436. The van der Waals surface area contributed by atoms with Crippen molar-refractivity contribution >= 4 is 5.97 Å². The van der Waals surface area contributed by atoms with E-state index in [0.717, 1.165) is 6.42 Å². The summed E-state index contributed by atoms with van der Waals surface area (Å²) in [5.74, 6) is -0.321. The minimum absolute atomic E-state index is 0.00500. The van der Waals surface area contributed by atoms with Crippen LogP contribution in [0.4, 0.5) is 0 Å². The second-order valence-electron chi connectivity index (χ2n) is 6.00. The molecule has 4 nitrogen and oxygen atoms in total. The average molecular weight is 251 g/mol. The van der Waals surface area contributed by atoms with Crippen LogP contribution in [0.5, 0.6) is 0 Å². The molecular formula is C14H21NO3. The van der Waals surface area contributed by atoms with E-state index in [1.807, 2.05) is 6.92 Å². The minimum atomic E-state index is -1.02. The first-order chi connectivity index (χ1) is 8.37. The smallest absolute Gasteiger partial charge is 0.371 e. The van der Waals surface area contributed by atoms with Crippen LogP contribution < -0.4 is 5.32 Å². The first-order valence-electron chi connectivity index (χ1n) is 6.46. The normalized spacial score (nSPS) is 24.1. The van der Waals surface area contributed by atoms with E-state index in [1.54, 1.807) is 6.07 Å². The molecule has 1 aromatic rings. The third-order valence-corrected chi connectivity index (χ3v) is 3.72. The van der Waals surface area contributed by atoms with E-state index in [9.17, 15) is 4.79 Å². The van der Waals surface area contributed by atoms with Crippen LogP contribution in [0.15, 0.2) is 16.5 Å². The number of carboxylic acids is 1. The van der Waals surface area contributed by atoms with Crippen molar-refractivity contribution in [3.05, 3.63) is 23.7 Å². The molecule has 4 heteroatoms. The van der Waals surface area contributed by atoms with Crippen molar-refractivity contribution in [2.45, 2.75) is 52.1 Å². The summed E-state index contributed by atoms with van der Waals surface area (Å²) in [6.07, 6.45) is 3.56. The Morgan fingerprint density at radius 3 is 2.78 bits per heavy atom. The molecule has 0 aromatic carbocycles. The summed E-state index contributed by atoms with van der Waals surface area (Å²) in [6, 6.07) is 3.79. The third kappa shape index (κ3) is 2.93. The highest BCUT2D eigenvalue weighted by atomic mass is 16.4. The van der Waals surface area contributed by atoms with Crippen LogP contribution in [0, 0.1) is 5.41 Å². The van der Waals surface area contributed by atoms with Crippen molar-refractivity contribution in [3.63, 3.8) is 0 Å². The summed E-state index contributed by atoms with van der Waals surface area (Å²) >= 11 is 0. The first kappa shape index (κ1) is 13.1. The van der Waals surface area contributed by atoms with Gasteiger partial charge in [-0.3, -0.25) is 0 Å². The van der Waals surface area contributed by atoms with Crippen molar-refractivity contribution in [2.75, 3.05) is 0 Å². The van der Waals surface area contributed by atoms with Gasteiger partial charge in [0.2, 0.25) is 5.76 Å². The molecule has 1 heterocycles. The van der Waals surface area contributed by atoms with Gasteiger partial charge in [-0.05, 0) is 43.7 Å². The van der Waals surface area contributed by atoms with Crippen LogP contribution in [-0.2, 0) is 0 Å². The molecule has 1 aromatic heterocycles. The predicted octanol–water partition coefficient (Wildman–Crippen LogP) is 3.21. The lowest BCUT2D eigenvalue weighted by Crippen LogP contribution is -2.29. The van der Waals surface area contributed by atoms with Crippen LogP contribution >= 0.6 is 0 Å². The number of rotatable bonds is 4. The average Bonchev–Trinajstić information content (AvgIpc) is 2.85. The molecule has 0 aliphatic heterocycles. The second kappa shape index (κ2) is 4.76. The van der Waals surface area contributed by atoms with Crippen LogP contribution in [-0.4, -0.2) is 17.1 Å². The highest BCUT2D eigenvalue weighted by Crippen LogP contribution is 2.37. The van der Waals surface area contributed by atoms with Gasteiger partial charge in [0.1, 0.15) is 5.76 Å². The van der Waals surface area contributed by atoms with Gasteiger partial charge in [-0.15, -0.1) is 0 Å². The van der Waals surface area contributed by atoms with Crippen LogP contribution in [0.25, 0.3) is 0 Å². The van der Waals surface area contributed by atoms with Crippen molar-refractivity contribution in [3.8, 4) is 0 Å². The topological polar surface area (TPSA) is 62.5 Å². The fourth-order valence-corrected chi connectivity index (χ4v) is 2.71. The summed E-state index contributed by atoms with van der Waals surface area (Å²) in [4.78, 5) is 10.8. The van der Waals surface area contributed by atoms with Crippen molar-refractivity contribution in [2.24, 2.45) is 5.41 Å². The number of hydrogen-bond donors (Lipinski definition) is 2. The zero-order valence-electron chi connectivity index (χ0n) is 11.2. The Labute approximate surface area is 107 Å². The first-order valence-corrected chi connectivity index (χ1v) is 6.46. The van der Waals surface area contributed by atoms with Crippen molar-refractivity contribution < 1.29 is 14.3 Å². The van der Waals surface area contributed by atoms with E-state index in [0.29, 0.717) is 17.2 Å². The molecule has 2 N–H and O–H groups in total. The predicted molar refractivity (Wildman–Crippen MR) is 68.6 cm³/mol. The van der Waals surface area contributed by atoms with E-state index in [-0.39, 0.29) is 11.8 Å². The Kier molecular flexibility index (Phi) is 3.48. The summed E-state index contributed by atoms with van der Waals surface area (Å²) in [5, 5.41) is 12.3. The SMILES string of the molecule is CC(NC1CCC(C)(C)C1)c1ccc(C(=O)O)o1. The second-order valence-corrected chi connectivity index (χ2v) is 6.00. The van der Waals surface area contributed by atoms with Gasteiger partial charge in [-0.2, -0.15) is 0 Å². The Hall–Kier alpha value is -1.29. The summed E-state index contributed by atoms with van der Waals surface area (Å²) in [5.41, 5.74) is 0.409. The largest absolute Gasteiger partial charge is 0.475 e. The summed E-state index contributed by atoms with van der Waals surface area (Å²) in [7, 11) is 0. The number of hydrogen-bond acceptors (Lipinski definition) is 3. The molecule has 18 heavy (non-hydrogen) atoms. The van der Waals surface area contributed by atoms with Gasteiger partial charge in [0.05, 0.1) is 6.04 Å². The lowest BCUT2D eigenvalue weighted by atomic mass is 9.92. The van der Waals surface area contributed by atoms with Gasteiger partial charge in [-0.25, -0.2) is 4.79 Å². The number of nitrogens with one attached hydrogen (secondary N) is 1. The molecule has 0 amide bonds.